The van der Waals surface area contributed by atoms with Gasteiger partial charge in [-0.3, -0.25) is 9.59 Å². The second kappa shape index (κ2) is 6.09. The fraction of sp³-hybridized carbons (Fsp3) is 0.571. The van der Waals surface area contributed by atoms with Crippen molar-refractivity contribution in [3.63, 3.8) is 0 Å². The molecule has 0 radical (unpaired) electrons. The summed E-state index contributed by atoms with van der Waals surface area (Å²) in [5.41, 5.74) is -0.768. The van der Waals surface area contributed by atoms with Gasteiger partial charge in [-0.2, -0.15) is 0 Å². The molecule has 6 heteroatoms. The lowest BCUT2D eigenvalue weighted by Crippen LogP contribution is -2.45. The maximum absolute atomic E-state index is 11.9. The minimum atomic E-state index is -0.768. The summed E-state index contributed by atoms with van der Waals surface area (Å²) in [5.74, 6) is -0.476. The standard InChI is InChI=1S/C14H20N2O4/c1-16(10-14(19)6-2-3-7-14)12(17)9-15-13(18)11-5-4-8-20-11/h4-5,8,19H,2-3,6-7,9-10H2,1H3,(H,15,18). The third-order valence-corrected chi connectivity index (χ3v) is 3.64. The van der Waals surface area contributed by atoms with Gasteiger partial charge in [-0.05, 0) is 25.0 Å². The van der Waals surface area contributed by atoms with Crippen LogP contribution in [0.15, 0.2) is 22.8 Å². The molecule has 1 saturated carbocycles. The van der Waals surface area contributed by atoms with Crippen LogP contribution < -0.4 is 5.32 Å². The Morgan fingerprint density at radius 2 is 2.15 bits per heavy atom. The van der Waals surface area contributed by atoms with Crippen molar-refractivity contribution in [2.24, 2.45) is 0 Å². The average molecular weight is 280 g/mol. The monoisotopic (exact) mass is 280 g/mol. The molecular weight excluding hydrogens is 260 g/mol. The van der Waals surface area contributed by atoms with Gasteiger partial charge in [0.1, 0.15) is 0 Å². The van der Waals surface area contributed by atoms with Crippen LogP contribution in [-0.4, -0.2) is 47.6 Å². The molecule has 2 rings (SSSR count). The molecule has 20 heavy (non-hydrogen) atoms. The topological polar surface area (TPSA) is 82.8 Å². The zero-order valence-electron chi connectivity index (χ0n) is 11.6. The van der Waals surface area contributed by atoms with E-state index in [0.29, 0.717) is 6.54 Å². The van der Waals surface area contributed by atoms with E-state index in [0.717, 1.165) is 25.7 Å². The van der Waals surface area contributed by atoms with Crippen molar-refractivity contribution >= 4 is 11.8 Å². The summed E-state index contributed by atoms with van der Waals surface area (Å²) in [6.45, 7) is 0.203. The molecule has 1 aliphatic carbocycles. The molecule has 0 atom stereocenters. The number of rotatable bonds is 5. The Kier molecular flexibility index (Phi) is 4.44. The molecule has 1 aromatic rings. The van der Waals surface area contributed by atoms with Gasteiger partial charge in [0.15, 0.2) is 5.76 Å². The molecule has 0 unspecified atom stereocenters. The van der Waals surface area contributed by atoms with Crippen LogP contribution >= 0.6 is 0 Å². The molecule has 1 heterocycles. The average Bonchev–Trinajstić information content (AvgIpc) is 3.06. The van der Waals surface area contributed by atoms with Gasteiger partial charge in [-0.1, -0.05) is 12.8 Å². The quantitative estimate of drug-likeness (QED) is 0.834. The smallest absolute Gasteiger partial charge is 0.287 e. The second-order valence-electron chi connectivity index (χ2n) is 5.34. The van der Waals surface area contributed by atoms with Crippen LogP contribution in [0.1, 0.15) is 36.2 Å². The molecule has 0 bridgehead atoms. The van der Waals surface area contributed by atoms with E-state index in [4.69, 9.17) is 4.42 Å². The van der Waals surface area contributed by atoms with Crippen molar-refractivity contribution in [2.75, 3.05) is 20.1 Å². The number of carbonyl (C=O) groups is 2. The molecule has 110 valence electrons. The molecule has 1 aliphatic rings. The first-order chi connectivity index (χ1) is 9.50. The predicted molar refractivity (Wildman–Crippen MR) is 72.1 cm³/mol. The Labute approximate surface area is 117 Å². The molecule has 0 aromatic carbocycles. The molecule has 6 nitrogen and oxygen atoms in total. The van der Waals surface area contributed by atoms with Crippen molar-refractivity contribution in [1.29, 1.82) is 0 Å². The normalized spacial score (nSPS) is 16.9. The molecule has 2 amide bonds. The Balaban J connectivity index is 1.78. The zero-order chi connectivity index (χ0) is 14.6. The van der Waals surface area contributed by atoms with Gasteiger partial charge < -0.3 is 19.7 Å². The van der Waals surface area contributed by atoms with E-state index in [1.165, 1.54) is 17.2 Å². The third-order valence-electron chi connectivity index (χ3n) is 3.64. The summed E-state index contributed by atoms with van der Waals surface area (Å²) in [6, 6.07) is 3.14. The molecule has 1 fully saturated rings. The summed E-state index contributed by atoms with van der Waals surface area (Å²) < 4.78 is 4.93. The van der Waals surface area contributed by atoms with Gasteiger partial charge in [0, 0.05) is 13.6 Å². The van der Waals surface area contributed by atoms with E-state index in [9.17, 15) is 14.7 Å². The van der Waals surface area contributed by atoms with E-state index in [2.05, 4.69) is 5.32 Å². The van der Waals surface area contributed by atoms with Crippen LogP contribution in [0.5, 0.6) is 0 Å². The maximum atomic E-state index is 11.9. The maximum Gasteiger partial charge on any atom is 0.287 e. The van der Waals surface area contributed by atoms with E-state index in [1.807, 2.05) is 0 Å². The summed E-state index contributed by atoms with van der Waals surface area (Å²) in [5, 5.41) is 12.7. The molecule has 0 aliphatic heterocycles. The lowest BCUT2D eigenvalue weighted by Gasteiger charge is -2.28. The van der Waals surface area contributed by atoms with E-state index in [-0.39, 0.29) is 18.2 Å². The van der Waals surface area contributed by atoms with Crippen molar-refractivity contribution in [1.82, 2.24) is 10.2 Å². The molecule has 0 saturated heterocycles. The number of likely N-dealkylation sites (N-methyl/N-ethyl adjacent to an activating group) is 1. The highest BCUT2D eigenvalue weighted by atomic mass is 16.3. The third kappa shape index (κ3) is 3.60. The highest BCUT2D eigenvalue weighted by Gasteiger charge is 2.33. The number of hydrogen-bond donors (Lipinski definition) is 2. The van der Waals surface area contributed by atoms with Gasteiger partial charge in [0.2, 0.25) is 5.91 Å². The van der Waals surface area contributed by atoms with Gasteiger partial charge in [-0.25, -0.2) is 0 Å². The largest absolute Gasteiger partial charge is 0.459 e. The number of amides is 2. The van der Waals surface area contributed by atoms with Gasteiger partial charge in [0.25, 0.3) is 5.91 Å². The van der Waals surface area contributed by atoms with Crippen molar-refractivity contribution in [3.8, 4) is 0 Å². The van der Waals surface area contributed by atoms with E-state index >= 15 is 0 Å². The zero-order valence-corrected chi connectivity index (χ0v) is 11.6. The minimum Gasteiger partial charge on any atom is -0.459 e. The lowest BCUT2D eigenvalue weighted by molar-refractivity contribution is -0.132. The first kappa shape index (κ1) is 14.6. The first-order valence-electron chi connectivity index (χ1n) is 6.78. The number of carbonyl (C=O) groups excluding carboxylic acids is 2. The van der Waals surface area contributed by atoms with Crippen molar-refractivity contribution < 1.29 is 19.1 Å². The summed E-state index contributed by atoms with van der Waals surface area (Å²) >= 11 is 0. The van der Waals surface area contributed by atoms with E-state index in [1.54, 1.807) is 13.1 Å². The van der Waals surface area contributed by atoms with E-state index < -0.39 is 11.5 Å². The second-order valence-corrected chi connectivity index (χ2v) is 5.34. The number of furan rings is 1. The van der Waals surface area contributed by atoms with Gasteiger partial charge in [0.05, 0.1) is 18.4 Å². The Morgan fingerprint density at radius 3 is 2.75 bits per heavy atom. The Hall–Kier alpha value is -1.82. The van der Waals surface area contributed by atoms with Crippen molar-refractivity contribution in [2.45, 2.75) is 31.3 Å². The van der Waals surface area contributed by atoms with Crippen LogP contribution in [0.3, 0.4) is 0 Å². The van der Waals surface area contributed by atoms with Gasteiger partial charge in [-0.15, -0.1) is 0 Å². The van der Waals surface area contributed by atoms with Crippen molar-refractivity contribution in [3.05, 3.63) is 24.2 Å². The molecule has 1 aromatic heterocycles. The Morgan fingerprint density at radius 1 is 1.45 bits per heavy atom. The van der Waals surface area contributed by atoms with Crippen LogP contribution in [0.25, 0.3) is 0 Å². The predicted octanol–water partition coefficient (Wildman–Crippen LogP) is 0.773. The highest BCUT2D eigenvalue weighted by molar-refractivity contribution is 5.94. The highest BCUT2D eigenvalue weighted by Crippen LogP contribution is 2.29. The van der Waals surface area contributed by atoms with Crippen LogP contribution in [0.4, 0.5) is 0 Å². The molecule has 2 N–H and O–H groups in total. The number of nitrogens with zero attached hydrogens (tertiary/aromatic N) is 1. The van der Waals surface area contributed by atoms with Crippen LogP contribution in [-0.2, 0) is 4.79 Å². The molecular formula is C14H20N2O4. The first-order valence-corrected chi connectivity index (χ1v) is 6.78. The fourth-order valence-corrected chi connectivity index (χ4v) is 2.51. The number of hydrogen-bond acceptors (Lipinski definition) is 4. The SMILES string of the molecule is CN(CC1(O)CCCC1)C(=O)CNC(=O)c1ccco1. The lowest BCUT2D eigenvalue weighted by atomic mass is 10.0. The summed E-state index contributed by atoms with van der Waals surface area (Å²) in [7, 11) is 1.64. The minimum absolute atomic E-state index is 0.105. The summed E-state index contributed by atoms with van der Waals surface area (Å²) in [4.78, 5) is 25.0. The number of nitrogens with one attached hydrogen (secondary N) is 1. The van der Waals surface area contributed by atoms with Crippen LogP contribution in [0, 0.1) is 0 Å². The van der Waals surface area contributed by atoms with Gasteiger partial charge >= 0.3 is 0 Å². The van der Waals surface area contributed by atoms with Crippen LogP contribution in [0.2, 0.25) is 0 Å². The number of aliphatic hydroxyl groups is 1. The molecule has 0 spiro atoms. The Bertz CT molecular complexity index is 464. The fourth-order valence-electron chi connectivity index (χ4n) is 2.51. The summed E-state index contributed by atoms with van der Waals surface area (Å²) in [6.07, 6.45) is 4.84.